The van der Waals surface area contributed by atoms with Crippen molar-refractivity contribution in [3.63, 3.8) is 0 Å². The van der Waals surface area contributed by atoms with Crippen molar-refractivity contribution < 1.29 is 18.1 Å². The first kappa shape index (κ1) is 12.8. The van der Waals surface area contributed by atoms with Gasteiger partial charge in [0.1, 0.15) is 0 Å². The summed E-state index contributed by atoms with van der Waals surface area (Å²) >= 11 is 0. The minimum Gasteiger partial charge on any atom is -0.325 e. The Bertz CT molecular complexity index is 496. The monoisotopic (exact) mass is 260 g/mol. The molecule has 0 saturated heterocycles. The van der Waals surface area contributed by atoms with Gasteiger partial charge in [0.25, 0.3) is 5.69 Å². The van der Waals surface area contributed by atoms with E-state index in [1.54, 1.807) is 0 Å². The van der Waals surface area contributed by atoms with Crippen LogP contribution in [0, 0.1) is 10.1 Å². The molecule has 1 fully saturated rings. The van der Waals surface area contributed by atoms with Gasteiger partial charge in [0.15, 0.2) is 0 Å². The average molecular weight is 260 g/mol. The highest BCUT2D eigenvalue weighted by Crippen LogP contribution is 2.39. The van der Waals surface area contributed by atoms with Gasteiger partial charge in [-0.3, -0.25) is 10.1 Å². The first-order valence-corrected chi connectivity index (χ1v) is 5.35. The van der Waals surface area contributed by atoms with Crippen molar-refractivity contribution in [3.05, 3.63) is 39.4 Å². The van der Waals surface area contributed by atoms with Gasteiger partial charge in [0.05, 0.1) is 10.5 Å². The van der Waals surface area contributed by atoms with E-state index < -0.39 is 27.9 Å². The van der Waals surface area contributed by atoms with E-state index in [-0.39, 0.29) is 12.0 Å². The van der Waals surface area contributed by atoms with Gasteiger partial charge >= 0.3 is 6.18 Å². The van der Waals surface area contributed by atoms with Gasteiger partial charge in [-0.25, -0.2) is 0 Å². The molecule has 0 unspecified atom stereocenters. The molecule has 1 aliphatic rings. The van der Waals surface area contributed by atoms with Gasteiger partial charge in [0, 0.05) is 17.2 Å². The molecule has 1 saturated carbocycles. The maximum Gasteiger partial charge on any atom is 0.416 e. The molecular formula is C11H11F3N2O2. The minimum atomic E-state index is -4.58. The van der Waals surface area contributed by atoms with Crippen LogP contribution in [0.4, 0.5) is 18.9 Å². The number of rotatable bonds is 3. The molecule has 0 bridgehead atoms. The molecule has 7 heteroatoms. The van der Waals surface area contributed by atoms with Crippen LogP contribution < -0.4 is 5.73 Å². The SMILES string of the molecule is NC1(Cc2ccc(C(F)(F)F)cc2[N+](=O)[O-])CC1. The molecule has 2 N–H and O–H groups in total. The topological polar surface area (TPSA) is 69.2 Å². The Hall–Kier alpha value is -1.63. The van der Waals surface area contributed by atoms with Gasteiger partial charge in [0.2, 0.25) is 0 Å². The second kappa shape index (κ2) is 3.94. The molecule has 0 spiro atoms. The zero-order chi connectivity index (χ0) is 13.6. The quantitative estimate of drug-likeness (QED) is 0.671. The summed E-state index contributed by atoms with van der Waals surface area (Å²) in [5, 5.41) is 10.8. The Morgan fingerprint density at radius 3 is 2.44 bits per heavy atom. The Balaban J connectivity index is 2.38. The number of alkyl halides is 3. The third-order valence-electron chi connectivity index (χ3n) is 3.04. The Labute approximate surface area is 101 Å². The summed E-state index contributed by atoms with van der Waals surface area (Å²) in [5.74, 6) is 0. The number of hydrogen-bond donors (Lipinski definition) is 1. The standard InChI is InChI=1S/C11H11F3N2O2/c12-11(13,14)8-2-1-7(6-10(15)3-4-10)9(5-8)16(17)18/h1-2,5H,3-4,6,15H2. The summed E-state index contributed by atoms with van der Waals surface area (Å²) in [6, 6.07) is 2.57. The number of hydrogen-bond acceptors (Lipinski definition) is 3. The summed E-state index contributed by atoms with van der Waals surface area (Å²) in [5.41, 5.74) is 4.08. The number of nitrogens with zero attached hydrogens (tertiary/aromatic N) is 1. The van der Waals surface area contributed by atoms with Gasteiger partial charge in [-0.1, -0.05) is 6.07 Å². The highest BCUT2D eigenvalue weighted by molar-refractivity contribution is 5.45. The van der Waals surface area contributed by atoms with E-state index >= 15 is 0 Å². The van der Waals surface area contributed by atoms with E-state index in [0.29, 0.717) is 6.07 Å². The number of nitro groups is 1. The summed E-state index contributed by atoms with van der Waals surface area (Å²) < 4.78 is 37.4. The molecule has 0 amide bonds. The van der Waals surface area contributed by atoms with Crippen molar-refractivity contribution in [2.24, 2.45) is 5.73 Å². The first-order valence-electron chi connectivity index (χ1n) is 5.35. The van der Waals surface area contributed by atoms with Crippen LogP contribution >= 0.6 is 0 Å². The summed E-state index contributed by atoms with van der Waals surface area (Å²) in [4.78, 5) is 10.0. The van der Waals surface area contributed by atoms with Crippen molar-refractivity contribution in [1.82, 2.24) is 0 Å². The van der Waals surface area contributed by atoms with Crippen LogP contribution in [0.3, 0.4) is 0 Å². The molecule has 0 heterocycles. The molecule has 0 aromatic heterocycles. The highest BCUT2D eigenvalue weighted by atomic mass is 19.4. The summed E-state index contributed by atoms with van der Waals surface area (Å²) in [7, 11) is 0. The average Bonchev–Trinajstić information content (AvgIpc) is 2.94. The smallest absolute Gasteiger partial charge is 0.325 e. The zero-order valence-corrected chi connectivity index (χ0v) is 9.33. The van der Waals surface area contributed by atoms with Crippen molar-refractivity contribution >= 4 is 5.69 Å². The Kier molecular flexibility index (Phi) is 2.81. The van der Waals surface area contributed by atoms with Crippen molar-refractivity contribution in [2.75, 3.05) is 0 Å². The van der Waals surface area contributed by atoms with Crippen LogP contribution in [0.25, 0.3) is 0 Å². The van der Waals surface area contributed by atoms with E-state index in [0.717, 1.165) is 25.0 Å². The number of halogens is 3. The molecule has 18 heavy (non-hydrogen) atoms. The van der Waals surface area contributed by atoms with Gasteiger partial charge in [-0.15, -0.1) is 0 Å². The molecule has 2 rings (SSSR count). The maximum absolute atomic E-state index is 12.5. The highest BCUT2D eigenvalue weighted by Gasteiger charge is 2.40. The molecule has 0 radical (unpaired) electrons. The van der Waals surface area contributed by atoms with Gasteiger partial charge in [-0.2, -0.15) is 13.2 Å². The third kappa shape index (κ3) is 2.61. The predicted octanol–water partition coefficient (Wildman–Crippen LogP) is 2.65. The lowest BCUT2D eigenvalue weighted by molar-refractivity contribution is -0.385. The fourth-order valence-corrected chi connectivity index (χ4v) is 1.78. The number of nitro benzene ring substituents is 1. The fourth-order valence-electron chi connectivity index (χ4n) is 1.78. The normalized spacial score (nSPS) is 17.6. The lowest BCUT2D eigenvalue weighted by Gasteiger charge is -2.11. The minimum absolute atomic E-state index is 0.238. The fraction of sp³-hybridized carbons (Fsp3) is 0.455. The Morgan fingerprint density at radius 1 is 1.39 bits per heavy atom. The van der Waals surface area contributed by atoms with Crippen LogP contribution in [0.2, 0.25) is 0 Å². The van der Waals surface area contributed by atoms with Crippen LogP contribution in [0.1, 0.15) is 24.0 Å². The van der Waals surface area contributed by atoms with E-state index in [2.05, 4.69) is 0 Å². The predicted molar refractivity (Wildman–Crippen MR) is 58.0 cm³/mol. The molecule has 98 valence electrons. The number of benzene rings is 1. The second-order valence-corrected chi connectivity index (χ2v) is 4.64. The van der Waals surface area contributed by atoms with Gasteiger partial charge < -0.3 is 5.73 Å². The molecule has 1 aromatic rings. The van der Waals surface area contributed by atoms with Crippen molar-refractivity contribution in [2.45, 2.75) is 31.0 Å². The van der Waals surface area contributed by atoms with Crippen LogP contribution in [-0.2, 0) is 12.6 Å². The molecule has 1 aliphatic carbocycles. The summed E-state index contributed by atoms with van der Waals surface area (Å²) in [6.45, 7) is 0. The number of nitrogens with two attached hydrogens (primary N) is 1. The van der Waals surface area contributed by atoms with Crippen LogP contribution in [0.15, 0.2) is 18.2 Å². The van der Waals surface area contributed by atoms with Crippen molar-refractivity contribution in [3.8, 4) is 0 Å². The third-order valence-corrected chi connectivity index (χ3v) is 3.04. The second-order valence-electron chi connectivity index (χ2n) is 4.64. The molecule has 0 aliphatic heterocycles. The van der Waals surface area contributed by atoms with E-state index in [1.165, 1.54) is 0 Å². The molecule has 0 atom stereocenters. The summed E-state index contributed by atoms with van der Waals surface area (Å²) in [6.07, 6.45) is -2.86. The zero-order valence-electron chi connectivity index (χ0n) is 9.33. The first-order chi connectivity index (χ1) is 8.21. The van der Waals surface area contributed by atoms with E-state index in [1.807, 2.05) is 0 Å². The van der Waals surface area contributed by atoms with Crippen LogP contribution in [-0.4, -0.2) is 10.5 Å². The van der Waals surface area contributed by atoms with Crippen molar-refractivity contribution in [1.29, 1.82) is 0 Å². The van der Waals surface area contributed by atoms with Gasteiger partial charge in [-0.05, 0) is 25.3 Å². The molecular weight excluding hydrogens is 249 g/mol. The molecule has 1 aromatic carbocycles. The lowest BCUT2D eigenvalue weighted by Crippen LogP contribution is -2.25. The largest absolute Gasteiger partial charge is 0.416 e. The maximum atomic E-state index is 12.5. The Morgan fingerprint density at radius 2 is 2.00 bits per heavy atom. The van der Waals surface area contributed by atoms with E-state index in [4.69, 9.17) is 5.73 Å². The van der Waals surface area contributed by atoms with E-state index in [9.17, 15) is 23.3 Å². The molecule has 4 nitrogen and oxygen atoms in total. The van der Waals surface area contributed by atoms with Crippen LogP contribution in [0.5, 0.6) is 0 Å². The lowest BCUT2D eigenvalue weighted by atomic mass is 10.0.